The fourth-order valence-corrected chi connectivity index (χ4v) is 2.70. The Morgan fingerprint density at radius 2 is 2.08 bits per heavy atom. The Hall–Kier alpha value is -1.55. The van der Waals surface area contributed by atoms with Gasteiger partial charge in [-0.05, 0) is 26.0 Å². The van der Waals surface area contributed by atoms with Crippen LogP contribution in [0.4, 0.5) is 0 Å². The molecule has 0 bridgehead atoms. The Kier molecular flexibility index (Phi) is 10.2. The first-order chi connectivity index (χ1) is 11.7. The molecule has 2 N–H and O–H groups in total. The maximum absolute atomic E-state index is 5.71. The van der Waals surface area contributed by atoms with Crippen LogP contribution in [-0.2, 0) is 6.54 Å². The Balaban J connectivity index is 0.00000312. The number of nitrogens with one attached hydrogen (secondary N) is 2. The number of hydrogen-bond donors (Lipinski definition) is 2. The van der Waals surface area contributed by atoms with Crippen molar-refractivity contribution < 1.29 is 9.47 Å². The lowest BCUT2D eigenvalue weighted by Gasteiger charge is -2.12. The van der Waals surface area contributed by atoms with E-state index < -0.39 is 0 Å². The first-order valence-corrected chi connectivity index (χ1v) is 8.73. The second-order valence-electron chi connectivity index (χ2n) is 5.01. The third-order valence-corrected chi connectivity index (χ3v) is 3.99. The molecule has 1 heterocycles. The molecule has 0 saturated carbocycles. The number of aryl methyl sites for hydroxylation is 1. The van der Waals surface area contributed by atoms with E-state index >= 15 is 0 Å². The van der Waals surface area contributed by atoms with E-state index in [-0.39, 0.29) is 24.0 Å². The predicted molar refractivity (Wildman–Crippen MR) is 114 cm³/mol. The van der Waals surface area contributed by atoms with Gasteiger partial charge in [-0.15, -0.1) is 35.3 Å². The maximum atomic E-state index is 5.71. The summed E-state index contributed by atoms with van der Waals surface area (Å²) in [4.78, 5) is 10.1. The first kappa shape index (κ1) is 21.5. The Morgan fingerprint density at radius 3 is 2.76 bits per heavy atom. The molecular formula is C17H25IN4O2S. The number of benzene rings is 1. The van der Waals surface area contributed by atoms with Crippen molar-refractivity contribution in [2.24, 2.45) is 4.99 Å². The minimum atomic E-state index is 0. The third kappa shape index (κ3) is 7.91. The average molecular weight is 476 g/mol. The molecule has 1 aromatic heterocycles. The number of methoxy groups -OCH3 is 1. The number of ether oxygens (including phenoxy) is 2. The van der Waals surface area contributed by atoms with Gasteiger partial charge in [0.05, 0.1) is 20.2 Å². The molecule has 0 aliphatic heterocycles. The van der Waals surface area contributed by atoms with Gasteiger partial charge in [-0.3, -0.25) is 0 Å². The monoisotopic (exact) mass is 476 g/mol. The smallest absolute Gasteiger partial charge is 0.191 e. The number of halogens is 1. The van der Waals surface area contributed by atoms with Crippen LogP contribution in [0.3, 0.4) is 0 Å². The van der Waals surface area contributed by atoms with Gasteiger partial charge in [0.2, 0.25) is 0 Å². The van der Waals surface area contributed by atoms with Crippen molar-refractivity contribution in [1.82, 2.24) is 15.6 Å². The lowest BCUT2D eigenvalue weighted by molar-refractivity contribution is 0.319. The van der Waals surface area contributed by atoms with E-state index in [2.05, 4.69) is 20.6 Å². The fourth-order valence-electron chi connectivity index (χ4n) is 1.99. The molecule has 0 fully saturated rings. The van der Waals surface area contributed by atoms with Gasteiger partial charge < -0.3 is 20.1 Å². The van der Waals surface area contributed by atoms with Crippen molar-refractivity contribution in [3.05, 3.63) is 40.3 Å². The zero-order valence-corrected chi connectivity index (χ0v) is 17.9. The second kappa shape index (κ2) is 11.9. The number of rotatable bonds is 8. The normalized spacial score (nSPS) is 10.8. The van der Waals surface area contributed by atoms with Gasteiger partial charge >= 0.3 is 0 Å². The van der Waals surface area contributed by atoms with Gasteiger partial charge in [-0.25, -0.2) is 9.98 Å². The Morgan fingerprint density at radius 1 is 1.28 bits per heavy atom. The highest BCUT2D eigenvalue weighted by Gasteiger charge is 2.01. The quantitative estimate of drug-likeness (QED) is 0.265. The first-order valence-electron chi connectivity index (χ1n) is 7.91. The molecule has 1 aromatic carbocycles. The topological polar surface area (TPSA) is 67.8 Å². The van der Waals surface area contributed by atoms with Crippen molar-refractivity contribution in [3.8, 4) is 11.5 Å². The largest absolute Gasteiger partial charge is 0.497 e. The summed E-state index contributed by atoms with van der Waals surface area (Å²) in [6.45, 7) is 6.65. The van der Waals surface area contributed by atoms with E-state index in [1.54, 1.807) is 18.4 Å². The summed E-state index contributed by atoms with van der Waals surface area (Å²) in [6, 6.07) is 7.57. The minimum absolute atomic E-state index is 0. The molecule has 0 amide bonds. The molecule has 0 saturated heterocycles. The number of guanidine groups is 1. The summed E-state index contributed by atoms with van der Waals surface area (Å²) >= 11 is 1.67. The molecule has 0 spiro atoms. The van der Waals surface area contributed by atoms with E-state index in [1.807, 2.05) is 44.3 Å². The fraction of sp³-hybridized carbons (Fsp3) is 0.412. The molecule has 0 aliphatic rings. The van der Waals surface area contributed by atoms with Crippen molar-refractivity contribution >= 4 is 41.3 Å². The molecule has 0 radical (unpaired) electrons. The van der Waals surface area contributed by atoms with E-state index in [0.29, 0.717) is 19.7 Å². The number of hydrogen-bond acceptors (Lipinski definition) is 5. The Bertz CT molecular complexity index is 664. The van der Waals surface area contributed by atoms with Gasteiger partial charge in [0.15, 0.2) is 5.96 Å². The Labute approximate surface area is 170 Å². The molecule has 25 heavy (non-hydrogen) atoms. The van der Waals surface area contributed by atoms with E-state index in [4.69, 9.17) is 9.47 Å². The van der Waals surface area contributed by atoms with Gasteiger partial charge in [0, 0.05) is 23.7 Å². The summed E-state index contributed by atoms with van der Waals surface area (Å²) < 4.78 is 10.9. The summed E-state index contributed by atoms with van der Waals surface area (Å²) in [7, 11) is 1.64. The van der Waals surface area contributed by atoms with Crippen LogP contribution < -0.4 is 20.1 Å². The lowest BCUT2D eigenvalue weighted by Crippen LogP contribution is -2.39. The molecule has 138 valence electrons. The van der Waals surface area contributed by atoms with E-state index in [9.17, 15) is 0 Å². The van der Waals surface area contributed by atoms with E-state index in [0.717, 1.165) is 29.0 Å². The number of aliphatic imine (C=N–C) groups is 1. The third-order valence-electron chi connectivity index (χ3n) is 3.09. The van der Waals surface area contributed by atoms with E-state index in [1.165, 1.54) is 4.88 Å². The summed E-state index contributed by atoms with van der Waals surface area (Å²) in [6.07, 6.45) is 1.87. The van der Waals surface area contributed by atoms with Crippen LogP contribution in [0.1, 0.15) is 16.8 Å². The van der Waals surface area contributed by atoms with Crippen LogP contribution in [0.5, 0.6) is 11.5 Å². The van der Waals surface area contributed by atoms with Gasteiger partial charge in [-0.2, -0.15) is 0 Å². The van der Waals surface area contributed by atoms with Crippen LogP contribution in [0.25, 0.3) is 0 Å². The molecule has 2 aromatic rings. The van der Waals surface area contributed by atoms with Crippen LogP contribution in [0.15, 0.2) is 35.5 Å². The lowest BCUT2D eigenvalue weighted by atomic mass is 10.3. The zero-order valence-electron chi connectivity index (χ0n) is 14.7. The van der Waals surface area contributed by atoms with Gasteiger partial charge in [0.1, 0.15) is 23.1 Å². The highest BCUT2D eigenvalue weighted by Crippen LogP contribution is 2.18. The van der Waals surface area contributed by atoms with Gasteiger partial charge in [-0.1, -0.05) is 6.07 Å². The zero-order chi connectivity index (χ0) is 17.2. The summed E-state index contributed by atoms with van der Waals surface area (Å²) in [5.74, 6) is 2.34. The van der Waals surface area contributed by atoms with Crippen molar-refractivity contribution in [2.45, 2.75) is 20.4 Å². The van der Waals surface area contributed by atoms with Crippen LogP contribution in [0, 0.1) is 6.92 Å². The average Bonchev–Trinajstić information content (AvgIpc) is 3.02. The van der Waals surface area contributed by atoms with Crippen molar-refractivity contribution in [2.75, 3.05) is 26.8 Å². The molecule has 6 nitrogen and oxygen atoms in total. The number of nitrogens with zero attached hydrogens (tertiary/aromatic N) is 2. The standard InChI is InChI=1S/C17H24N4O2S.HI/c1-4-18-17(21-12-16-20-11-13(2)24-16)19-8-9-23-15-7-5-6-14(10-15)22-3;/h5-7,10-11H,4,8-9,12H2,1-3H3,(H2,18,19,21);1H. The summed E-state index contributed by atoms with van der Waals surface area (Å²) in [5, 5.41) is 7.48. The maximum Gasteiger partial charge on any atom is 0.191 e. The predicted octanol–water partition coefficient (Wildman–Crippen LogP) is 3.21. The molecular weight excluding hydrogens is 451 g/mol. The highest BCUT2D eigenvalue weighted by molar-refractivity contribution is 14.0. The van der Waals surface area contributed by atoms with Crippen LogP contribution in [-0.4, -0.2) is 37.7 Å². The van der Waals surface area contributed by atoms with Gasteiger partial charge in [0.25, 0.3) is 0 Å². The number of aromatic nitrogens is 1. The number of thiazole rings is 1. The van der Waals surface area contributed by atoms with Crippen LogP contribution >= 0.6 is 35.3 Å². The molecule has 0 atom stereocenters. The SMILES string of the molecule is CCNC(=NCc1ncc(C)s1)NCCOc1cccc(OC)c1.I. The molecule has 0 unspecified atom stereocenters. The molecule has 8 heteroatoms. The summed E-state index contributed by atoms with van der Waals surface area (Å²) in [5.41, 5.74) is 0. The van der Waals surface area contributed by atoms with Crippen molar-refractivity contribution in [1.29, 1.82) is 0 Å². The molecule has 2 rings (SSSR count). The van der Waals surface area contributed by atoms with Crippen LogP contribution in [0.2, 0.25) is 0 Å². The molecule has 0 aliphatic carbocycles. The second-order valence-corrected chi connectivity index (χ2v) is 6.33. The van der Waals surface area contributed by atoms with Crippen molar-refractivity contribution in [3.63, 3.8) is 0 Å². The highest BCUT2D eigenvalue weighted by atomic mass is 127. The minimum Gasteiger partial charge on any atom is -0.497 e.